The SMILES string of the molecule is Cc1ccc(Cl)cc1NS(=O)(=O)c1ccc(NS(=O)(=O)Cc2cccc([N+](=O)[O-])c2)cc1. The Morgan fingerprint density at radius 1 is 0.938 bits per heavy atom. The van der Waals surface area contributed by atoms with Gasteiger partial charge >= 0.3 is 0 Å². The second kappa shape index (κ2) is 9.15. The average Bonchev–Trinajstić information content (AvgIpc) is 2.70. The molecule has 0 aliphatic rings. The minimum Gasteiger partial charge on any atom is -0.283 e. The molecule has 0 aliphatic heterocycles. The van der Waals surface area contributed by atoms with Crippen molar-refractivity contribution >= 4 is 48.7 Å². The molecule has 0 radical (unpaired) electrons. The Labute approximate surface area is 190 Å². The molecule has 0 atom stereocenters. The largest absolute Gasteiger partial charge is 0.283 e. The van der Waals surface area contributed by atoms with Gasteiger partial charge in [-0.2, -0.15) is 0 Å². The highest BCUT2D eigenvalue weighted by Gasteiger charge is 2.18. The number of non-ortho nitro benzene ring substituents is 1. The Hall–Kier alpha value is -3.15. The second-order valence-electron chi connectivity index (χ2n) is 6.88. The first kappa shape index (κ1) is 23.5. The summed E-state index contributed by atoms with van der Waals surface area (Å²) < 4.78 is 54.9. The van der Waals surface area contributed by atoms with Crippen LogP contribution in [0.25, 0.3) is 0 Å². The van der Waals surface area contributed by atoms with Crippen LogP contribution < -0.4 is 9.44 Å². The fourth-order valence-electron chi connectivity index (χ4n) is 2.80. The third-order valence-electron chi connectivity index (χ3n) is 4.36. The Morgan fingerprint density at radius 2 is 1.62 bits per heavy atom. The van der Waals surface area contributed by atoms with Crippen LogP contribution >= 0.6 is 11.6 Å². The number of sulfonamides is 2. The predicted octanol–water partition coefficient (Wildman–Crippen LogP) is 4.30. The van der Waals surface area contributed by atoms with Crippen LogP contribution in [0.4, 0.5) is 17.1 Å². The van der Waals surface area contributed by atoms with Crippen molar-refractivity contribution in [2.45, 2.75) is 17.6 Å². The van der Waals surface area contributed by atoms with E-state index in [1.165, 1.54) is 54.6 Å². The molecule has 168 valence electrons. The first-order valence-corrected chi connectivity index (χ1v) is 12.6. The number of aryl methyl sites for hydroxylation is 1. The maximum absolute atomic E-state index is 12.6. The van der Waals surface area contributed by atoms with Crippen LogP contribution in [0.15, 0.2) is 71.6 Å². The summed E-state index contributed by atoms with van der Waals surface area (Å²) in [6.07, 6.45) is 0. The lowest BCUT2D eigenvalue weighted by atomic mass is 10.2. The summed E-state index contributed by atoms with van der Waals surface area (Å²) in [5, 5.41) is 11.2. The number of nitrogens with one attached hydrogen (secondary N) is 2. The van der Waals surface area contributed by atoms with Gasteiger partial charge in [-0.1, -0.05) is 29.8 Å². The van der Waals surface area contributed by atoms with E-state index in [1.807, 2.05) is 0 Å². The van der Waals surface area contributed by atoms with Crippen molar-refractivity contribution in [1.82, 2.24) is 0 Å². The van der Waals surface area contributed by atoms with Crippen LogP contribution in [0.5, 0.6) is 0 Å². The van der Waals surface area contributed by atoms with Gasteiger partial charge in [0.1, 0.15) is 0 Å². The molecule has 2 N–H and O–H groups in total. The molecule has 0 unspecified atom stereocenters. The van der Waals surface area contributed by atoms with Gasteiger partial charge in [0.2, 0.25) is 10.0 Å². The summed E-state index contributed by atoms with van der Waals surface area (Å²) in [6, 6.07) is 15.3. The van der Waals surface area contributed by atoms with Gasteiger partial charge < -0.3 is 0 Å². The van der Waals surface area contributed by atoms with Gasteiger partial charge in [0.05, 0.1) is 21.3 Å². The summed E-state index contributed by atoms with van der Waals surface area (Å²) in [7, 11) is -7.81. The average molecular weight is 496 g/mol. The monoisotopic (exact) mass is 495 g/mol. The molecule has 0 fully saturated rings. The standard InChI is InChI=1S/C20H18ClN3O6S2/c1-14-5-6-16(21)12-20(14)23-32(29,30)19-9-7-17(8-10-19)22-31(27,28)13-15-3-2-4-18(11-15)24(25)26/h2-12,22-23H,13H2,1H3. The molecule has 3 aromatic carbocycles. The number of hydrogen-bond donors (Lipinski definition) is 2. The minimum atomic E-state index is -3.92. The molecule has 32 heavy (non-hydrogen) atoms. The minimum absolute atomic E-state index is 0.0708. The second-order valence-corrected chi connectivity index (χ2v) is 10.7. The van der Waals surface area contributed by atoms with Gasteiger partial charge in [-0.25, -0.2) is 16.8 Å². The summed E-state index contributed by atoms with van der Waals surface area (Å²) in [4.78, 5) is 10.2. The normalized spacial score (nSPS) is 11.7. The number of nitro groups is 1. The van der Waals surface area contributed by atoms with Crippen molar-refractivity contribution in [3.8, 4) is 0 Å². The van der Waals surface area contributed by atoms with Crippen molar-refractivity contribution in [1.29, 1.82) is 0 Å². The van der Waals surface area contributed by atoms with E-state index in [1.54, 1.807) is 19.1 Å². The summed E-state index contributed by atoms with van der Waals surface area (Å²) in [5.41, 5.74) is 1.19. The number of halogens is 1. The Bertz CT molecular complexity index is 1370. The van der Waals surface area contributed by atoms with E-state index < -0.39 is 30.7 Å². The van der Waals surface area contributed by atoms with Gasteiger partial charge in [-0.3, -0.25) is 19.6 Å². The number of anilines is 2. The maximum Gasteiger partial charge on any atom is 0.269 e. The molecule has 9 nitrogen and oxygen atoms in total. The van der Waals surface area contributed by atoms with Crippen LogP contribution in [0.2, 0.25) is 5.02 Å². The molecular weight excluding hydrogens is 478 g/mol. The van der Waals surface area contributed by atoms with E-state index in [0.717, 1.165) is 0 Å². The highest BCUT2D eigenvalue weighted by molar-refractivity contribution is 7.92. The zero-order valence-corrected chi connectivity index (χ0v) is 19.0. The first-order chi connectivity index (χ1) is 14.9. The molecular formula is C20H18ClN3O6S2. The summed E-state index contributed by atoms with van der Waals surface area (Å²) >= 11 is 5.92. The number of nitrogens with zero attached hydrogens (tertiary/aromatic N) is 1. The predicted molar refractivity (Wildman–Crippen MR) is 123 cm³/mol. The third kappa shape index (κ3) is 5.96. The van der Waals surface area contributed by atoms with Crippen LogP contribution in [0, 0.1) is 17.0 Å². The smallest absolute Gasteiger partial charge is 0.269 e. The number of benzene rings is 3. The summed E-state index contributed by atoms with van der Waals surface area (Å²) in [5.74, 6) is -0.482. The molecule has 0 aliphatic carbocycles. The Kier molecular flexibility index (Phi) is 6.72. The van der Waals surface area contributed by atoms with E-state index in [-0.39, 0.29) is 21.8 Å². The fourth-order valence-corrected chi connectivity index (χ4v) is 5.28. The topological polar surface area (TPSA) is 135 Å². The van der Waals surface area contributed by atoms with E-state index in [4.69, 9.17) is 11.6 Å². The highest BCUT2D eigenvalue weighted by atomic mass is 35.5. The lowest BCUT2D eigenvalue weighted by Gasteiger charge is -2.12. The van der Waals surface area contributed by atoms with Crippen molar-refractivity contribution in [2.24, 2.45) is 0 Å². The van der Waals surface area contributed by atoms with Crippen LogP contribution in [0.1, 0.15) is 11.1 Å². The van der Waals surface area contributed by atoms with Gasteiger partial charge in [0.15, 0.2) is 0 Å². The third-order valence-corrected chi connectivity index (χ3v) is 7.24. The van der Waals surface area contributed by atoms with Gasteiger partial charge in [0, 0.05) is 22.8 Å². The fraction of sp³-hybridized carbons (Fsp3) is 0.100. The van der Waals surface area contributed by atoms with E-state index in [9.17, 15) is 26.9 Å². The molecule has 0 heterocycles. The zero-order valence-electron chi connectivity index (χ0n) is 16.6. The molecule has 3 aromatic rings. The van der Waals surface area contributed by atoms with Crippen LogP contribution in [-0.2, 0) is 25.8 Å². The van der Waals surface area contributed by atoms with Crippen molar-refractivity contribution < 1.29 is 21.8 Å². The number of hydrogen-bond acceptors (Lipinski definition) is 6. The summed E-state index contributed by atoms with van der Waals surface area (Å²) in [6.45, 7) is 1.73. The van der Waals surface area contributed by atoms with Crippen molar-refractivity contribution in [2.75, 3.05) is 9.44 Å². The molecule has 0 spiro atoms. The van der Waals surface area contributed by atoms with Crippen molar-refractivity contribution in [3.63, 3.8) is 0 Å². The van der Waals surface area contributed by atoms with E-state index in [2.05, 4.69) is 9.44 Å². The molecule has 0 amide bonds. The molecule has 0 aromatic heterocycles. The first-order valence-electron chi connectivity index (χ1n) is 9.08. The maximum atomic E-state index is 12.6. The molecule has 0 bridgehead atoms. The quantitative estimate of drug-likeness (QED) is 0.353. The van der Waals surface area contributed by atoms with Crippen LogP contribution in [0.3, 0.4) is 0 Å². The van der Waals surface area contributed by atoms with E-state index >= 15 is 0 Å². The number of rotatable bonds is 8. The molecule has 0 saturated carbocycles. The Morgan fingerprint density at radius 3 is 2.28 bits per heavy atom. The lowest BCUT2D eigenvalue weighted by Crippen LogP contribution is -2.16. The van der Waals surface area contributed by atoms with Crippen molar-refractivity contribution in [3.05, 3.63) is 93.0 Å². The van der Waals surface area contributed by atoms with Crippen LogP contribution in [-0.4, -0.2) is 21.8 Å². The van der Waals surface area contributed by atoms with E-state index in [0.29, 0.717) is 16.3 Å². The van der Waals surface area contributed by atoms with Gasteiger partial charge in [0.25, 0.3) is 15.7 Å². The lowest BCUT2D eigenvalue weighted by molar-refractivity contribution is -0.384. The van der Waals surface area contributed by atoms with Gasteiger partial charge in [-0.15, -0.1) is 0 Å². The molecule has 12 heteroatoms. The van der Waals surface area contributed by atoms with Gasteiger partial charge in [-0.05, 0) is 54.4 Å². The highest BCUT2D eigenvalue weighted by Crippen LogP contribution is 2.24. The molecule has 0 saturated heterocycles. The Balaban J connectivity index is 1.74. The zero-order chi connectivity index (χ0) is 23.5. The molecule has 3 rings (SSSR count). The number of nitro benzene ring substituents is 1.